The Morgan fingerprint density at radius 3 is 2.31 bits per heavy atom. The van der Waals surface area contributed by atoms with E-state index in [0.717, 1.165) is 40.7 Å². The van der Waals surface area contributed by atoms with Crippen LogP contribution >= 0.6 is 23.2 Å². The van der Waals surface area contributed by atoms with Crippen LogP contribution in [0.2, 0.25) is 10.0 Å². The molecule has 2 aromatic carbocycles. The molecule has 0 aliphatic carbocycles. The second-order valence-electron chi connectivity index (χ2n) is 9.75. The summed E-state index contributed by atoms with van der Waals surface area (Å²) in [5.41, 5.74) is 4.10. The number of aliphatic imine (C=N–C) groups is 1. The molecule has 2 N–H and O–H groups in total. The molecule has 0 unspecified atom stereocenters. The largest absolute Gasteiger partial charge is 0.370 e. The number of hydrogen-bond acceptors (Lipinski definition) is 4. The molecular formula is C27H32Cl2N4O2S. The van der Waals surface area contributed by atoms with Crippen molar-refractivity contribution in [3.8, 4) is 0 Å². The average molecular weight is 548 g/mol. The lowest BCUT2D eigenvalue weighted by Crippen LogP contribution is -2.24. The van der Waals surface area contributed by atoms with Gasteiger partial charge in [-0.3, -0.25) is 4.99 Å². The summed E-state index contributed by atoms with van der Waals surface area (Å²) in [5, 5.41) is 6.45. The van der Waals surface area contributed by atoms with E-state index in [0.29, 0.717) is 27.8 Å². The quantitative estimate of drug-likeness (QED) is 0.290. The predicted molar refractivity (Wildman–Crippen MR) is 152 cm³/mol. The monoisotopic (exact) mass is 546 g/mol. The van der Waals surface area contributed by atoms with Gasteiger partial charge >= 0.3 is 0 Å². The smallest absolute Gasteiger partial charge is 0.177 e. The summed E-state index contributed by atoms with van der Waals surface area (Å²) in [7, 11) is -3.37. The number of nitrogens with one attached hydrogen (secondary N) is 2. The summed E-state index contributed by atoms with van der Waals surface area (Å²) < 4.78 is 26.9. The fourth-order valence-electron chi connectivity index (χ4n) is 4.59. The second kappa shape index (κ2) is 10.5. The number of fused-ring (bicyclic) bond motifs is 2. The van der Waals surface area contributed by atoms with E-state index in [1.54, 1.807) is 12.1 Å². The van der Waals surface area contributed by atoms with Gasteiger partial charge in [-0.2, -0.15) is 0 Å². The van der Waals surface area contributed by atoms with E-state index in [-0.39, 0.29) is 5.92 Å². The Bertz CT molecular complexity index is 1550. The minimum atomic E-state index is -3.37. The van der Waals surface area contributed by atoms with Gasteiger partial charge in [0.25, 0.3) is 0 Å². The number of aromatic amines is 1. The first-order valence-electron chi connectivity index (χ1n) is 12.0. The molecule has 0 radical (unpaired) electrons. The van der Waals surface area contributed by atoms with Crippen LogP contribution in [-0.2, 0) is 16.4 Å². The maximum atomic E-state index is 12.4. The van der Waals surface area contributed by atoms with E-state index in [1.807, 2.05) is 42.7 Å². The first-order valence-corrected chi connectivity index (χ1v) is 14.7. The standard InChI is InChI=1S/C16H20ClN3O2S.C11H12ClN/c1-10(2)15-16(23(3,21)22)12-8-11(17)4-5-13(12)20(15)9-14-18-6-7-19-14;1-7(2)11-6-8-5-9(12)3-4-10(8)13-11/h4-5,8,10H,6-7,9H2,1-3H3,(H,18,19);3-7,13H,1-2H3. The Kier molecular flexibility index (Phi) is 7.74. The van der Waals surface area contributed by atoms with Gasteiger partial charge in [-0.15, -0.1) is 0 Å². The molecule has 0 spiro atoms. The van der Waals surface area contributed by atoms with Crippen molar-refractivity contribution in [2.45, 2.75) is 51.0 Å². The van der Waals surface area contributed by atoms with Crippen molar-refractivity contribution in [3.63, 3.8) is 0 Å². The molecule has 0 saturated heterocycles. The third-order valence-electron chi connectivity index (χ3n) is 6.21. The van der Waals surface area contributed by atoms with Crippen LogP contribution in [0.25, 0.3) is 21.8 Å². The van der Waals surface area contributed by atoms with E-state index in [9.17, 15) is 8.42 Å². The minimum Gasteiger partial charge on any atom is -0.370 e. The molecule has 5 rings (SSSR count). The van der Waals surface area contributed by atoms with Gasteiger partial charge < -0.3 is 14.9 Å². The summed E-state index contributed by atoms with van der Waals surface area (Å²) in [6, 6.07) is 13.5. The number of amidine groups is 1. The predicted octanol–water partition coefficient (Wildman–Crippen LogP) is 6.77. The van der Waals surface area contributed by atoms with Gasteiger partial charge in [0.15, 0.2) is 9.84 Å². The lowest BCUT2D eigenvalue weighted by Gasteiger charge is -2.15. The molecule has 6 nitrogen and oxygen atoms in total. The van der Waals surface area contributed by atoms with Crippen LogP contribution in [0, 0.1) is 0 Å². The molecule has 4 aromatic rings. The first-order chi connectivity index (χ1) is 17.0. The van der Waals surface area contributed by atoms with E-state index < -0.39 is 9.84 Å². The van der Waals surface area contributed by atoms with E-state index in [2.05, 4.69) is 35.2 Å². The molecule has 0 amide bonds. The summed E-state index contributed by atoms with van der Waals surface area (Å²) in [5.74, 6) is 1.48. The molecule has 192 valence electrons. The highest BCUT2D eigenvalue weighted by atomic mass is 35.5. The third-order valence-corrected chi connectivity index (χ3v) is 7.85. The number of H-pyrrole nitrogens is 1. The Labute approximate surface area is 222 Å². The minimum absolute atomic E-state index is 0.0629. The molecular weight excluding hydrogens is 515 g/mol. The average Bonchev–Trinajstić information content (AvgIpc) is 3.51. The fraction of sp³-hybridized carbons (Fsp3) is 0.370. The highest BCUT2D eigenvalue weighted by Crippen LogP contribution is 2.36. The van der Waals surface area contributed by atoms with E-state index in [4.69, 9.17) is 23.2 Å². The summed E-state index contributed by atoms with van der Waals surface area (Å²) in [4.78, 5) is 8.18. The van der Waals surface area contributed by atoms with Crippen LogP contribution in [-0.4, -0.2) is 43.1 Å². The van der Waals surface area contributed by atoms with Gasteiger partial charge in [-0.05, 0) is 54.3 Å². The SMILES string of the molecule is CC(C)c1c(S(C)(=O)=O)c2cc(Cl)ccc2n1CC1=NCCN1.CC(C)c1cc2cc(Cl)ccc2[nH]1. The van der Waals surface area contributed by atoms with Gasteiger partial charge in [-0.25, -0.2) is 8.42 Å². The number of aromatic nitrogens is 2. The van der Waals surface area contributed by atoms with Crippen LogP contribution < -0.4 is 5.32 Å². The van der Waals surface area contributed by atoms with Crippen molar-refractivity contribution in [3.05, 3.63) is 63.9 Å². The van der Waals surface area contributed by atoms with Crippen molar-refractivity contribution in [1.29, 1.82) is 0 Å². The normalized spacial score (nSPS) is 13.9. The van der Waals surface area contributed by atoms with Gasteiger partial charge in [0, 0.05) is 50.5 Å². The molecule has 36 heavy (non-hydrogen) atoms. The lowest BCUT2D eigenvalue weighted by atomic mass is 10.1. The number of halogens is 2. The topological polar surface area (TPSA) is 79.2 Å². The number of hydrogen-bond donors (Lipinski definition) is 2. The van der Waals surface area contributed by atoms with E-state index in [1.165, 1.54) is 17.3 Å². The number of sulfone groups is 1. The zero-order valence-electron chi connectivity index (χ0n) is 21.2. The maximum absolute atomic E-state index is 12.4. The van der Waals surface area contributed by atoms with Crippen LogP contribution in [0.3, 0.4) is 0 Å². The highest BCUT2D eigenvalue weighted by Gasteiger charge is 2.27. The molecule has 1 aliphatic heterocycles. The second-order valence-corrected chi connectivity index (χ2v) is 12.6. The van der Waals surface area contributed by atoms with Gasteiger partial charge in [0.1, 0.15) is 5.84 Å². The molecule has 0 atom stereocenters. The number of nitrogens with zero attached hydrogens (tertiary/aromatic N) is 2. The summed E-state index contributed by atoms with van der Waals surface area (Å²) in [6.45, 7) is 10.5. The lowest BCUT2D eigenvalue weighted by molar-refractivity contribution is 0.598. The number of benzene rings is 2. The fourth-order valence-corrected chi connectivity index (χ4v) is 6.23. The van der Waals surface area contributed by atoms with Crippen molar-refractivity contribution < 1.29 is 8.42 Å². The van der Waals surface area contributed by atoms with Gasteiger partial charge in [-0.1, -0.05) is 50.9 Å². The Hall–Kier alpha value is -2.48. The molecule has 0 saturated carbocycles. The van der Waals surface area contributed by atoms with Crippen molar-refractivity contribution in [2.75, 3.05) is 19.3 Å². The molecule has 3 heterocycles. The Balaban J connectivity index is 0.000000197. The zero-order valence-corrected chi connectivity index (χ0v) is 23.5. The zero-order chi connectivity index (χ0) is 26.2. The first kappa shape index (κ1) is 26.6. The van der Waals surface area contributed by atoms with Crippen molar-refractivity contribution >= 4 is 60.7 Å². The van der Waals surface area contributed by atoms with Crippen molar-refractivity contribution in [1.82, 2.24) is 14.9 Å². The van der Waals surface area contributed by atoms with Crippen LogP contribution in [0.4, 0.5) is 0 Å². The van der Waals surface area contributed by atoms with Crippen LogP contribution in [0.1, 0.15) is 50.9 Å². The third kappa shape index (κ3) is 5.58. The Morgan fingerprint density at radius 1 is 1.00 bits per heavy atom. The molecule has 0 fully saturated rings. The molecule has 9 heteroatoms. The molecule has 1 aliphatic rings. The summed E-state index contributed by atoms with van der Waals surface area (Å²) >= 11 is 12.0. The molecule has 0 bridgehead atoms. The van der Waals surface area contributed by atoms with Crippen LogP contribution in [0.15, 0.2) is 52.4 Å². The summed E-state index contributed by atoms with van der Waals surface area (Å²) in [6.07, 6.45) is 1.25. The number of rotatable bonds is 5. The van der Waals surface area contributed by atoms with Crippen LogP contribution in [0.5, 0.6) is 0 Å². The van der Waals surface area contributed by atoms with Gasteiger partial charge in [0.05, 0.1) is 23.5 Å². The highest BCUT2D eigenvalue weighted by molar-refractivity contribution is 7.91. The van der Waals surface area contributed by atoms with E-state index >= 15 is 0 Å². The maximum Gasteiger partial charge on any atom is 0.177 e. The van der Waals surface area contributed by atoms with Gasteiger partial charge in [0.2, 0.25) is 0 Å². The Morgan fingerprint density at radius 2 is 1.69 bits per heavy atom. The molecule has 2 aromatic heterocycles. The van der Waals surface area contributed by atoms with Crippen molar-refractivity contribution in [2.24, 2.45) is 4.99 Å².